The van der Waals surface area contributed by atoms with Crippen molar-refractivity contribution in [3.63, 3.8) is 0 Å². The van der Waals surface area contributed by atoms with Crippen LogP contribution in [-0.2, 0) is 9.16 Å². The van der Waals surface area contributed by atoms with Crippen LogP contribution in [0.5, 0.6) is 0 Å². The summed E-state index contributed by atoms with van der Waals surface area (Å²) in [5.41, 5.74) is 6.16. The summed E-state index contributed by atoms with van der Waals surface area (Å²) >= 11 is 0. The summed E-state index contributed by atoms with van der Waals surface area (Å²) < 4.78 is 12.1. The summed E-state index contributed by atoms with van der Waals surface area (Å²) in [7, 11) is -1.61. The first kappa shape index (κ1) is 19.6. The number of hydrogen-bond donors (Lipinski definition) is 0. The van der Waals surface area contributed by atoms with E-state index in [1.165, 1.54) is 22.3 Å². The van der Waals surface area contributed by atoms with Crippen molar-refractivity contribution in [2.45, 2.75) is 67.3 Å². The molecular formula is C20H32O2Si. The molecule has 1 atom stereocenters. The van der Waals surface area contributed by atoms with E-state index in [2.05, 4.69) is 59.5 Å². The van der Waals surface area contributed by atoms with Crippen molar-refractivity contribution in [1.82, 2.24) is 0 Å². The summed E-state index contributed by atoms with van der Waals surface area (Å²) in [5.74, 6) is 0.925. The number of hydrogen-bond acceptors (Lipinski definition) is 2. The van der Waals surface area contributed by atoms with Crippen LogP contribution in [0.4, 0.5) is 0 Å². The Morgan fingerprint density at radius 1 is 1.09 bits per heavy atom. The van der Waals surface area contributed by atoms with E-state index >= 15 is 0 Å². The van der Waals surface area contributed by atoms with Crippen LogP contribution in [-0.4, -0.2) is 8.32 Å². The number of rotatable bonds is 6. The Morgan fingerprint density at radius 2 is 1.61 bits per heavy atom. The molecule has 2 nitrogen and oxygen atoms in total. The molecule has 0 radical (unpaired) electrons. The Labute approximate surface area is 143 Å². The highest BCUT2D eigenvalue weighted by atomic mass is 28.4. The fraction of sp³-hybridized carbons (Fsp3) is 0.500. The second-order valence-electron chi connectivity index (χ2n) is 7.26. The molecule has 0 heterocycles. The van der Waals surface area contributed by atoms with Gasteiger partial charge in [0.1, 0.15) is 11.9 Å². The second kappa shape index (κ2) is 7.87. The molecule has 0 bridgehead atoms. The van der Waals surface area contributed by atoms with E-state index < -0.39 is 8.32 Å². The maximum absolute atomic E-state index is 6.10. The Balaban J connectivity index is 2.91. The summed E-state index contributed by atoms with van der Waals surface area (Å²) in [6, 6.07) is 4.43. The molecular weight excluding hydrogens is 300 g/mol. The molecule has 1 unspecified atom stereocenters. The van der Waals surface area contributed by atoms with Gasteiger partial charge in [-0.2, -0.15) is 0 Å². The highest BCUT2D eigenvalue weighted by Gasteiger charge is 2.18. The van der Waals surface area contributed by atoms with E-state index in [1.807, 2.05) is 26.2 Å². The normalized spacial score (nSPS) is 14.7. The summed E-state index contributed by atoms with van der Waals surface area (Å²) in [6.07, 6.45) is 3.87. The molecule has 0 amide bonds. The average molecular weight is 333 g/mol. The van der Waals surface area contributed by atoms with E-state index in [9.17, 15) is 0 Å². The number of benzene rings is 1. The predicted molar refractivity (Wildman–Crippen MR) is 102 cm³/mol. The van der Waals surface area contributed by atoms with Gasteiger partial charge in [0, 0.05) is 5.57 Å². The fourth-order valence-corrected chi connectivity index (χ4v) is 3.80. The van der Waals surface area contributed by atoms with Crippen LogP contribution in [0.3, 0.4) is 0 Å². The second-order valence-corrected chi connectivity index (χ2v) is 11.7. The lowest BCUT2D eigenvalue weighted by molar-refractivity contribution is 0.160. The minimum Gasteiger partial charge on any atom is -0.544 e. The molecule has 1 aromatic rings. The standard InChI is InChI=1S/C20H32O2Si/c1-10-19(22-23(7,8)9)17(5)13-21-18(6)20-15(3)11-14(2)12-16(20)4/h10-13,18H,1-9H3/b17-13+,19-10-. The number of ether oxygens (including phenoxy) is 1. The molecule has 0 N–H and O–H groups in total. The maximum Gasteiger partial charge on any atom is 0.242 e. The molecule has 23 heavy (non-hydrogen) atoms. The van der Waals surface area contributed by atoms with Crippen molar-refractivity contribution in [2.24, 2.45) is 0 Å². The third-order valence-corrected chi connectivity index (χ3v) is 4.49. The minimum atomic E-state index is -1.61. The predicted octanol–water partition coefficient (Wildman–Crippen LogP) is 6.35. The SMILES string of the molecule is C/C=C(O[Si](C)(C)C)/C(C)=C/OC(C)c1c(C)cc(C)cc1C. The van der Waals surface area contributed by atoms with Crippen LogP contribution in [0, 0.1) is 20.8 Å². The van der Waals surface area contributed by atoms with Crippen LogP contribution >= 0.6 is 0 Å². The van der Waals surface area contributed by atoms with E-state index in [4.69, 9.17) is 9.16 Å². The molecule has 0 saturated carbocycles. The van der Waals surface area contributed by atoms with Gasteiger partial charge in [0.05, 0.1) is 6.26 Å². The first-order valence-corrected chi connectivity index (χ1v) is 11.7. The van der Waals surface area contributed by atoms with E-state index in [0.717, 1.165) is 11.3 Å². The summed E-state index contributed by atoms with van der Waals surface area (Å²) in [5, 5.41) is 0. The number of aryl methyl sites for hydroxylation is 3. The Hall–Kier alpha value is -1.48. The molecule has 0 aliphatic rings. The zero-order chi connectivity index (χ0) is 17.8. The highest BCUT2D eigenvalue weighted by Crippen LogP contribution is 2.27. The van der Waals surface area contributed by atoms with Gasteiger partial charge in [-0.15, -0.1) is 0 Å². The molecule has 128 valence electrons. The van der Waals surface area contributed by atoms with Gasteiger partial charge < -0.3 is 9.16 Å². The molecule has 0 saturated heterocycles. The lowest BCUT2D eigenvalue weighted by Gasteiger charge is -2.23. The highest BCUT2D eigenvalue weighted by molar-refractivity contribution is 6.70. The molecule has 3 heteroatoms. The van der Waals surface area contributed by atoms with Crippen molar-refractivity contribution in [1.29, 1.82) is 0 Å². The Kier molecular flexibility index (Phi) is 6.69. The molecule has 0 aliphatic heterocycles. The quantitative estimate of drug-likeness (QED) is 0.343. The zero-order valence-electron chi connectivity index (χ0n) is 16.2. The molecule has 0 aliphatic carbocycles. The Morgan fingerprint density at radius 3 is 2.04 bits per heavy atom. The van der Waals surface area contributed by atoms with Gasteiger partial charge in [-0.05, 0) is 83.9 Å². The average Bonchev–Trinajstić information content (AvgIpc) is 2.39. The van der Waals surface area contributed by atoms with Crippen molar-refractivity contribution in [3.05, 3.63) is 58.1 Å². The third-order valence-electron chi connectivity index (χ3n) is 3.66. The van der Waals surface area contributed by atoms with Crippen molar-refractivity contribution >= 4 is 8.32 Å². The molecule has 1 rings (SSSR count). The summed E-state index contributed by atoms with van der Waals surface area (Å²) in [4.78, 5) is 0. The topological polar surface area (TPSA) is 18.5 Å². The molecule has 0 fully saturated rings. The summed E-state index contributed by atoms with van der Waals surface area (Å²) in [6.45, 7) is 19.1. The van der Waals surface area contributed by atoms with Crippen LogP contribution in [0.2, 0.25) is 19.6 Å². The zero-order valence-corrected chi connectivity index (χ0v) is 17.2. The Bertz CT molecular complexity index is 584. The van der Waals surface area contributed by atoms with Gasteiger partial charge in [0.25, 0.3) is 0 Å². The van der Waals surface area contributed by atoms with Crippen LogP contribution < -0.4 is 0 Å². The molecule has 0 spiro atoms. The number of allylic oxidation sites excluding steroid dienone is 2. The fourth-order valence-electron chi connectivity index (χ4n) is 2.86. The van der Waals surface area contributed by atoms with E-state index in [0.29, 0.717) is 0 Å². The third kappa shape index (κ3) is 5.90. The van der Waals surface area contributed by atoms with Gasteiger partial charge in [-0.3, -0.25) is 0 Å². The lowest BCUT2D eigenvalue weighted by atomic mass is 9.96. The monoisotopic (exact) mass is 332 g/mol. The van der Waals surface area contributed by atoms with E-state index in [1.54, 1.807) is 0 Å². The van der Waals surface area contributed by atoms with Gasteiger partial charge in [0.2, 0.25) is 8.32 Å². The van der Waals surface area contributed by atoms with Crippen molar-refractivity contribution in [2.75, 3.05) is 0 Å². The van der Waals surface area contributed by atoms with Gasteiger partial charge in [0.15, 0.2) is 0 Å². The smallest absolute Gasteiger partial charge is 0.242 e. The minimum absolute atomic E-state index is 0.0236. The van der Waals surface area contributed by atoms with Crippen LogP contribution in [0.1, 0.15) is 49.1 Å². The molecule has 1 aromatic carbocycles. The molecule has 0 aromatic heterocycles. The van der Waals surface area contributed by atoms with Gasteiger partial charge in [-0.1, -0.05) is 17.7 Å². The first-order valence-electron chi connectivity index (χ1n) is 8.31. The van der Waals surface area contributed by atoms with Gasteiger partial charge in [-0.25, -0.2) is 0 Å². The van der Waals surface area contributed by atoms with Crippen molar-refractivity contribution < 1.29 is 9.16 Å². The maximum atomic E-state index is 6.10. The largest absolute Gasteiger partial charge is 0.544 e. The van der Waals surface area contributed by atoms with Crippen LogP contribution in [0.15, 0.2) is 35.8 Å². The van der Waals surface area contributed by atoms with Crippen LogP contribution in [0.25, 0.3) is 0 Å². The first-order chi connectivity index (χ1) is 10.5. The van der Waals surface area contributed by atoms with Gasteiger partial charge >= 0.3 is 0 Å². The van der Waals surface area contributed by atoms with E-state index in [-0.39, 0.29) is 6.10 Å². The van der Waals surface area contributed by atoms with Crippen molar-refractivity contribution in [3.8, 4) is 0 Å². The lowest BCUT2D eigenvalue weighted by Crippen LogP contribution is -2.25.